The van der Waals surface area contributed by atoms with Gasteiger partial charge in [-0.2, -0.15) is 0 Å². The third-order valence-electron chi connectivity index (χ3n) is 3.29. The molecular weight excluding hydrogens is 473 g/mol. The molecule has 0 bridgehead atoms. The van der Waals surface area contributed by atoms with Crippen LogP contribution in [-0.4, -0.2) is 52.1 Å². The molecule has 0 radical (unpaired) electrons. The number of carboxylic acids is 1. The first-order chi connectivity index (χ1) is 12.9. The average Bonchev–Trinajstić information content (AvgIpc) is 3.18. The second-order valence-electron chi connectivity index (χ2n) is 5.03. The first-order valence-electron chi connectivity index (χ1n) is 8.20. The summed E-state index contributed by atoms with van der Waals surface area (Å²) in [5.74, 6) is -0.956. The van der Waals surface area contributed by atoms with Crippen LogP contribution in [0.4, 0.5) is 4.39 Å². The minimum Gasteiger partial charge on any atom is -0.477 e. The van der Waals surface area contributed by atoms with Gasteiger partial charge in [0.15, 0.2) is 0 Å². The number of hydrogen-bond donors (Lipinski definition) is 1. The highest BCUT2D eigenvalue weighted by Crippen LogP contribution is 2.13. The summed E-state index contributed by atoms with van der Waals surface area (Å²) in [6, 6.07) is 6.67. The Morgan fingerprint density at radius 3 is 1.92 bits per heavy atom. The molecule has 2 aromatic rings. The number of pyridine rings is 2. The summed E-state index contributed by atoms with van der Waals surface area (Å²) in [5.41, 5.74) is 0.596. The molecule has 6 nitrogen and oxygen atoms in total. The molecule has 1 aliphatic rings. The molecule has 3 rings (SSSR count). The summed E-state index contributed by atoms with van der Waals surface area (Å²) in [4.78, 5) is 31.6. The number of nitrogens with zero attached hydrogens (tertiary/aromatic N) is 3. The van der Waals surface area contributed by atoms with Crippen LogP contribution in [0.2, 0.25) is 0 Å². The lowest BCUT2D eigenvalue weighted by Crippen LogP contribution is -2.28. The number of alkyl halides is 1. The zero-order chi connectivity index (χ0) is 20.2. The zero-order valence-electron chi connectivity index (χ0n) is 14.7. The molecule has 9 heteroatoms. The van der Waals surface area contributed by atoms with Crippen molar-refractivity contribution in [3.05, 3.63) is 57.0 Å². The van der Waals surface area contributed by atoms with Crippen molar-refractivity contribution in [3.63, 3.8) is 0 Å². The van der Waals surface area contributed by atoms with Gasteiger partial charge in [0.05, 0.1) is 8.52 Å². The number of halogens is 3. The van der Waals surface area contributed by atoms with Crippen LogP contribution in [0.25, 0.3) is 0 Å². The fourth-order valence-electron chi connectivity index (χ4n) is 2.09. The van der Waals surface area contributed by atoms with Gasteiger partial charge in [0.2, 0.25) is 0 Å². The molecule has 0 aromatic carbocycles. The zero-order valence-corrected chi connectivity index (χ0v) is 16.9. The lowest BCUT2D eigenvalue weighted by molar-refractivity contribution is 0.0689. The van der Waals surface area contributed by atoms with Gasteiger partial charge in [-0.25, -0.2) is 14.8 Å². The largest absolute Gasteiger partial charge is 0.477 e. The molecule has 26 heavy (non-hydrogen) atoms. The topological polar surface area (TPSA) is 83.4 Å². The SMILES string of the molecule is O=C(O)c1ccc(Br)cn1.O=C(c1ccc(Br)cn1)N1CCCC1.[2H]CF. The monoisotopic (exact) mass is 490 g/mol. The van der Waals surface area contributed by atoms with Crippen molar-refractivity contribution < 1.29 is 20.5 Å². The van der Waals surface area contributed by atoms with Gasteiger partial charge in [-0.05, 0) is 69.0 Å². The summed E-state index contributed by atoms with van der Waals surface area (Å²) < 4.78 is 17.2. The van der Waals surface area contributed by atoms with Gasteiger partial charge in [0.25, 0.3) is 5.91 Å². The minimum atomic E-state index is -1.01. The maximum absolute atomic E-state index is 11.8. The average molecular weight is 492 g/mol. The van der Waals surface area contributed by atoms with Gasteiger partial charge in [-0.15, -0.1) is 0 Å². The first kappa shape index (κ1) is 20.4. The Morgan fingerprint density at radius 1 is 1.08 bits per heavy atom. The highest BCUT2D eigenvalue weighted by Gasteiger charge is 2.19. The lowest BCUT2D eigenvalue weighted by atomic mass is 10.3. The second kappa shape index (κ2) is 11.7. The van der Waals surface area contributed by atoms with Crippen LogP contribution in [0.3, 0.4) is 0 Å². The van der Waals surface area contributed by atoms with Crippen LogP contribution < -0.4 is 0 Å². The fourth-order valence-corrected chi connectivity index (χ4v) is 2.56. The normalized spacial score (nSPS) is 12.9. The number of carboxylic acid groups (broad SMARTS) is 1. The van der Waals surface area contributed by atoms with Gasteiger partial charge in [0, 0.05) is 34.4 Å². The Bertz CT molecular complexity index is 727. The second-order valence-corrected chi connectivity index (χ2v) is 6.86. The molecule has 0 saturated carbocycles. The minimum absolute atomic E-state index is 0.0509. The third-order valence-corrected chi connectivity index (χ3v) is 4.22. The first-order valence-corrected chi connectivity index (χ1v) is 9.08. The predicted octanol–water partition coefficient (Wildman–Crippen LogP) is 4.21. The van der Waals surface area contributed by atoms with Crippen molar-refractivity contribution in [2.45, 2.75) is 12.8 Å². The maximum atomic E-state index is 11.8. The molecule has 1 saturated heterocycles. The van der Waals surface area contributed by atoms with Gasteiger partial charge >= 0.3 is 5.97 Å². The van der Waals surface area contributed by atoms with E-state index < -0.39 is 13.1 Å². The smallest absolute Gasteiger partial charge is 0.354 e. The highest BCUT2D eigenvalue weighted by atomic mass is 79.9. The van der Waals surface area contributed by atoms with E-state index in [0.29, 0.717) is 5.69 Å². The van der Waals surface area contributed by atoms with Gasteiger partial charge < -0.3 is 10.0 Å². The van der Waals surface area contributed by atoms with Crippen LogP contribution in [0.5, 0.6) is 0 Å². The molecule has 1 aliphatic heterocycles. The Labute approximate surface area is 169 Å². The summed E-state index contributed by atoms with van der Waals surface area (Å²) in [6.45, 7) is 1.74. The number of carbonyl (C=O) groups excluding carboxylic acids is 1. The van der Waals surface area contributed by atoms with Crippen LogP contribution in [0.1, 0.15) is 35.2 Å². The highest BCUT2D eigenvalue weighted by molar-refractivity contribution is 9.10. The number of carbonyl (C=O) groups is 2. The summed E-state index contributed by atoms with van der Waals surface area (Å²) >= 11 is 6.43. The molecule has 1 N–H and O–H groups in total. The van der Waals surface area contributed by atoms with Crippen LogP contribution >= 0.6 is 31.9 Å². The van der Waals surface area contributed by atoms with E-state index in [0.717, 1.165) is 34.9 Å². The van der Waals surface area contributed by atoms with Crippen molar-refractivity contribution in [1.29, 1.82) is 0 Å². The van der Waals surface area contributed by atoms with Gasteiger partial charge in [0.1, 0.15) is 11.4 Å². The van der Waals surface area contributed by atoms with E-state index in [-0.39, 0.29) is 11.6 Å². The Hall–Kier alpha value is -1.87. The van der Waals surface area contributed by atoms with E-state index in [4.69, 9.17) is 6.48 Å². The number of rotatable bonds is 2. The van der Waals surface area contributed by atoms with E-state index in [1.165, 1.54) is 12.3 Å². The van der Waals surface area contributed by atoms with E-state index in [9.17, 15) is 14.0 Å². The lowest BCUT2D eigenvalue weighted by Gasteiger charge is -2.13. The number of aromatic nitrogens is 2. The predicted molar refractivity (Wildman–Crippen MR) is 103 cm³/mol. The molecule has 140 valence electrons. The Morgan fingerprint density at radius 2 is 1.54 bits per heavy atom. The molecular formula is C17H18Br2FN3O3. The standard InChI is InChI=1S/C10H11BrN2O.C6H4BrNO2.CH3F/c11-8-3-4-9(12-7-8)10(14)13-5-1-2-6-13;7-4-1-2-5(6(9)10)8-3-4;1-2/h3-4,7H,1-2,5-6H2;1-3H,(H,9,10);1H3/i;;1D. The van der Waals surface area contributed by atoms with Crippen molar-refractivity contribution in [2.24, 2.45) is 0 Å². The molecule has 0 spiro atoms. The third kappa shape index (κ3) is 7.17. The molecule has 1 amide bonds. The fraction of sp³-hybridized carbons (Fsp3) is 0.294. The summed E-state index contributed by atoms with van der Waals surface area (Å²) in [5, 5.41) is 8.40. The number of aromatic carboxylic acids is 1. The molecule has 0 aliphatic carbocycles. The van der Waals surface area contributed by atoms with Gasteiger partial charge in [-0.3, -0.25) is 9.18 Å². The number of hydrogen-bond acceptors (Lipinski definition) is 4. The van der Waals surface area contributed by atoms with Crippen LogP contribution in [0.15, 0.2) is 45.6 Å². The van der Waals surface area contributed by atoms with Crippen molar-refractivity contribution in [2.75, 3.05) is 20.2 Å². The van der Waals surface area contributed by atoms with Crippen molar-refractivity contribution >= 4 is 43.7 Å². The summed E-state index contributed by atoms with van der Waals surface area (Å²) in [6.07, 6.45) is 5.33. The molecule has 1 fully saturated rings. The quantitative estimate of drug-likeness (QED) is 0.680. The molecule has 3 heterocycles. The maximum Gasteiger partial charge on any atom is 0.354 e. The number of amides is 1. The summed E-state index contributed by atoms with van der Waals surface area (Å²) in [7, 11) is -1.00. The van der Waals surface area contributed by atoms with E-state index in [2.05, 4.69) is 41.8 Å². The Kier molecular flexibility index (Phi) is 9.19. The molecule has 0 unspecified atom stereocenters. The van der Waals surface area contributed by atoms with Gasteiger partial charge in [-0.1, -0.05) is 0 Å². The Balaban J connectivity index is 0.000000246. The van der Waals surface area contributed by atoms with E-state index in [1.54, 1.807) is 18.3 Å². The van der Waals surface area contributed by atoms with Crippen LogP contribution in [-0.2, 0) is 0 Å². The molecule has 0 atom stereocenters. The van der Waals surface area contributed by atoms with Crippen molar-refractivity contribution in [3.8, 4) is 0 Å². The number of likely N-dealkylation sites (tertiary alicyclic amines) is 1. The molecule has 2 aromatic heterocycles. The van der Waals surface area contributed by atoms with E-state index >= 15 is 0 Å². The van der Waals surface area contributed by atoms with Crippen molar-refractivity contribution in [1.82, 2.24) is 14.9 Å². The van der Waals surface area contributed by atoms with E-state index in [1.807, 2.05) is 11.0 Å². The van der Waals surface area contributed by atoms with Crippen LogP contribution in [0, 0.1) is 0 Å².